The summed E-state index contributed by atoms with van der Waals surface area (Å²) in [5.41, 5.74) is 4.27. The molecule has 110 valence electrons. The lowest BCUT2D eigenvalue weighted by Gasteiger charge is -2.42. The fraction of sp³-hybridized carbons (Fsp3) is 0.368. The smallest absolute Gasteiger partial charge is 0.0406 e. The first-order valence-corrected chi connectivity index (χ1v) is 8.00. The van der Waals surface area contributed by atoms with E-state index in [0.29, 0.717) is 0 Å². The first-order valence-electron chi connectivity index (χ1n) is 7.62. The van der Waals surface area contributed by atoms with Crippen molar-refractivity contribution in [3.63, 3.8) is 0 Å². The lowest BCUT2D eigenvalue weighted by Crippen LogP contribution is -2.41. The van der Waals surface area contributed by atoms with E-state index in [4.69, 9.17) is 11.6 Å². The molecule has 2 aromatic rings. The van der Waals surface area contributed by atoms with Crippen molar-refractivity contribution in [1.29, 1.82) is 0 Å². The Balaban J connectivity index is 2.06. The highest BCUT2D eigenvalue weighted by Gasteiger charge is 2.36. The first kappa shape index (κ1) is 14.6. The second kappa shape index (κ2) is 5.82. The molecule has 0 radical (unpaired) electrons. The Hall–Kier alpha value is -1.31. The van der Waals surface area contributed by atoms with Crippen molar-refractivity contribution in [2.24, 2.45) is 0 Å². The van der Waals surface area contributed by atoms with Gasteiger partial charge in [0.25, 0.3) is 0 Å². The number of nitrogens with zero attached hydrogens (tertiary/aromatic N) is 1. The van der Waals surface area contributed by atoms with Crippen LogP contribution in [0.5, 0.6) is 0 Å². The van der Waals surface area contributed by atoms with E-state index in [1.54, 1.807) is 0 Å². The highest BCUT2D eigenvalue weighted by Crippen LogP contribution is 2.41. The van der Waals surface area contributed by atoms with Crippen molar-refractivity contribution in [3.05, 3.63) is 70.2 Å². The molecular weight excluding hydrogens is 278 g/mol. The van der Waals surface area contributed by atoms with Crippen LogP contribution in [0, 0.1) is 6.92 Å². The van der Waals surface area contributed by atoms with E-state index in [1.807, 2.05) is 12.1 Å². The van der Waals surface area contributed by atoms with Crippen LogP contribution in [0.1, 0.15) is 29.5 Å². The van der Waals surface area contributed by atoms with Crippen LogP contribution in [0.15, 0.2) is 48.5 Å². The summed E-state index contributed by atoms with van der Waals surface area (Å²) >= 11 is 6.08. The summed E-state index contributed by atoms with van der Waals surface area (Å²) in [6, 6.07) is 17.5. The molecule has 0 N–H and O–H groups in total. The third-order valence-electron chi connectivity index (χ3n) is 4.84. The highest BCUT2D eigenvalue weighted by atomic mass is 35.5. The molecule has 0 aliphatic carbocycles. The van der Waals surface area contributed by atoms with Crippen LogP contribution in [0.4, 0.5) is 0 Å². The average molecular weight is 300 g/mol. The van der Waals surface area contributed by atoms with Crippen molar-refractivity contribution in [1.82, 2.24) is 4.90 Å². The number of aryl methyl sites for hydroxylation is 1. The number of benzene rings is 2. The minimum absolute atomic E-state index is 0.130. The Morgan fingerprint density at radius 3 is 1.86 bits per heavy atom. The molecule has 1 aliphatic rings. The summed E-state index contributed by atoms with van der Waals surface area (Å²) in [5, 5.41) is 0.811. The fourth-order valence-corrected chi connectivity index (χ4v) is 3.51. The van der Waals surface area contributed by atoms with Crippen LogP contribution < -0.4 is 0 Å². The minimum atomic E-state index is 0.130. The van der Waals surface area contributed by atoms with E-state index in [1.165, 1.54) is 16.7 Å². The molecule has 21 heavy (non-hydrogen) atoms. The SMILES string of the molecule is Cc1ccc(C2(c3ccc(Cl)cc3)CCN(C)CC2)cc1. The number of likely N-dealkylation sites (tertiary alicyclic amines) is 1. The Bertz CT molecular complexity index is 545. The van der Waals surface area contributed by atoms with Gasteiger partial charge in [-0.25, -0.2) is 0 Å². The lowest BCUT2D eigenvalue weighted by molar-refractivity contribution is 0.213. The Labute approximate surface area is 132 Å². The van der Waals surface area contributed by atoms with E-state index in [9.17, 15) is 0 Å². The minimum Gasteiger partial charge on any atom is -0.306 e. The largest absolute Gasteiger partial charge is 0.306 e. The zero-order chi connectivity index (χ0) is 14.9. The average Bonchev–Trinajstić information content (AvgIpc) is 2.50. The fourth-order valence-electron chi connectivity index (χ4n) is 3.39. The molecular formula is C19H22ClN. The molecule has 1 aliphatic heterocycles. The summed E-state index contributed by atoms with van der Waals surface area (Å²) < 4.78 is 0. The summed E-state index contributed by atoms with van der Waals surface area (Å²) in [4.78, 5) is 2.42. The van der Waals surface area contributed by atoms with Crippen LogP contribution >= 0.6 is 11.6 Å². The van der Waals surface area contributed by atoms with Gasteiger partial charge in [0.2, 0.25) is 0 Å². The third kappa shape index (κ3) is 2.86. The Morgan fingerprint density at radius 2 is 1.33 bits per heavy atom. The van der Waals surface area contributed by atoms with E-state index >= 15 is 0 Å². The zero-order valence-electron chi connectivity index (χ0n) is 12.8. The van der Waals surface area contributed by atoms with Gasteiger partial charge in [-0.15, -0.1) is 0 Å². The van der Waals surface area contributed by atoms with Gasteiger partial charge in [0.1, 0.15) is 0 Å². The molecule has 1 saturated heterocycles. The van der Waals surface area contributed by atoms with Gasteiger partial charge in [-0.1, -0.05) is 53.6 Å². The van der Waals surface area contributed by atoms with Crippen molar-refractivity contribution in [3.8, 4) is 0 Å². The van der Waals surface area contributed by atoms with Gasteiger partial charge >= 0.3 is 0 Å². The van der Waals surface area contributed by atoms with Gasteiger partial charge in [0, 0.05) is 10.4 Å². The van der Waals surface area contributed by atoms with Gasteiger partial charge in [-0.05, 0) is 63.2 Å². The standard InChI is InChI=1S/C19H22ClN/c1-15-3-5-16(6-4-15)19(11-13-21(2)14-12-19)17-7-9-18(20)10-8-17/h3-10H,11-14H2,1-2H3. The number of halogens is 1. The van der Waals surface area contributed by atoms with Crippen molar-refractivity contribution >= 4 is 11.6 Å². The predicted octanol–water partition coefficient (Wildman–Crippen LogP) is 4.66. The quantitative estimate of drug-likeness (QED) is 0.779. The number of hydrogen-bond donors (Lipinski definition) is 0. The number of rotatable bonds is 2. The van der Waals surface area contributed by atoms with Crippen molar-refractivity contribution < 1.29 is 0 Å². The van der Waals surface area contributed by atoms with Crippen LogP contribution in [-0.2, 0) is 5.41 Å². The highest BCUT2D eigenvalue weighted by molar-refractivity contribution is 6.30. The normalized spacial score (nSPS) is 18.6. The molecule has 2 aromatic carbocycles. The Kier molecular flexibility index (Phi) is 4.05. The molecule has 3 rings (SSSR count). The molecule has 0 aromatic heterocycles. The van der Waals surface area contributed by atoms with Gasteiger partial charge < -0.3 is 4.90 Å². The molecule has 0 spiro atoms. The monoisotopic (exact) mass is 299 g/mol. The van der Waals surface area contributed by atoms with Crippen molar-refractivity contribution in [2.45, 2.75) is 25.2 Å². The molecule has 1 fully saturated rings. The molecule has 2 heteroatoms. The first-order chi connectivity index (χ1) is 10.1. The third-order valence-corrected chi connectivity index (χ3v) is 5.09. The topological polar surface area (TPSA) is 3.24 Å². The second-order valence-corrected chi connectivity index (χ2v) is 6.69. The van der Waals surface area contributed by atoms with Gasteiger partial charge in [0.05, 0.1) is 0 Å². The van der Waals surface area contributed by atoms with Crippen LogP contribution in [0.2, 0.25) is 5.02 Å². The maximum absolute atomic E-state index is 6.08. The predicted molar refractivity (Wildman–Crippen MR) is 90.1 cm³/mol. The number of piperidine rings is 1. The molecule has 0 amide bonds. The summed E-state index contributed by atoms with van der Waals surface area (Å²) in [5.74, 6) is 0. The van der Waals surface area contributed by atoms with E-state index in [0.717, 1.165) is 31.0 Å². The lowest BCUT2D eigenvalue weighted by atomic mass is 9.68. The molecule has 0 saturated carbocycles. The molecule has 1 heterocycles. The van der Waals surface area contributed by atoms with Gasteiger partial charge in [-0.2, -0.15) is 0 Å². The molecule has 0 unspecified atom stereocenters. The Morgan fingerprint density at radius 1 is 0.857 bits per heavy atom. The summed E-state index contributed by atoms with van der Waals surface area (Å²) in [6.45, 7) is 4.42. The molecule has 0 atom stereocenters. The number of hydrogen-bond acceptors (Lipinski definition) is 1. The van der Waals surface area contributed by atoms with Crippen LogP contribution in [-0.4, -0.2) is 25.0 Å². The summed E-state index contributed by atoms with van der Waals surface area (Å²) in [7, 11) is 2.21. The maximum atomic E-state index is 6.08. The van der Waals surface area contributed by atoms with Gasteiger partial charge in [-0.3, -0.25) is 0 Å². The summed E-state index contributed by atoms with van der Waals surface area (Å²) in [6.07, 6.45) is 2.32. The van der Waals surface area contributed by atoms with E-state index in [2.05, 4.69) is 55.3 Å². The molecule has 1 nitrogen and oxygen atoms in total. The second-order valence-electron chi connectivity index (χ2n) is 6.26. The van der Waals surface area contributed by atoms with Crippen LogP contribution in [0.25, 0.3) is 0 Å². The van der Waals surface area contributed by atoms with Crippen LogP contribution in [0.3, 0.4) is 0 Å². The van der Waals surface area contributed by atoms with Gasteiger partial charge in [0.15, 0.2) is 0 Å². The zero-order valence-corrected chi connectivity index (χ0v) is 13.5. The van der Waals surface area contributed by atoms with Crippen molar-refractivity contribution in [2.75, 3.05) is 20.1 Å². The van der Waals surface area contributed by atoms with E-state index < -0.39 is 0 Å². The maximum Gasteiger partial charge on any atom is 0.0406 e. The molecule has 0 bridgehead atoms. The van der Waals surface area contributed by atoms with E-state index in [-0.39, 0.29) is 5.41 Å².